The molecule has 1 aliphatic heterocycles. The van der Waals surface area contributed by atoms with Gasteiger partial charge in [0.1, 0.15) is 11.5 Å². The molecule has 3 rings (SSSR count). The number of aromatic carboxylic acids is 1. The van der Waals surface area contributed by atoms with Crippen LogP contribution < -0.4 is 4.74 Å². The molecular weight excluding hydrogens is 275 g/mol. The van der Waals surface area contributed by atoms with Crippen molar-refractivity contribution in [3.05, 3.63) is 59.2 Å². The molecule has 0 atom stereocenters. The Morgan fingerprint density at radius 1 is 1.14 bits per heavy atom. The molecule has 1 aliphatic rings. The summed E-state index contributed by atoms with van der Waals surface area (Å²) in [7, 11) is 0. The summed E-state index contributed by atoms with van der Waals surface area (Å²) in [6.07, 6.45) is 0.605. The maximum absolute atomic E-state index is 11.1. The van der Waals surface area contributed by atoms with Crippen molar-refractivity contribution in [2.24, 2.45) is 0 Å². The summed E-state index contributed by atoms with van der Waals surface area (Å²) >= 11 is 1.35. The summed E-state index contributed by atoms with van der Waals surface area (Å²) in [5.41, 5.74) is 2.09. The van der Waals surface area contributed by atoms with Gasteiger partial charge < -0.3 is 9.84 Å². The SMILES string of the molecule is C[CH](C)[Na].O=C(O)c1cccc2c1Cc1ccccc1O2. The Labute approximate surface area is 142 Å². The summed E-state index contributed by atoms with van der Waals surface area (Å²) in [5, 5.41) is 9.13. The first-order valence-corrected chi connectivity index (χ1v) is 8.25. The number of hydrogen-bond donors (Lipinski definition) is 1. The Kier molecular flexibility index (Phi) is 5.45. The van der Waals surface area contributed by atoms with Gasteiger partial charge in [-0.2, -0.15) is 0 Å². The molecule has 0 saturated heterocycles. The van der Waals surface area contributed by atoms with Crippen LogP contribution in [0.4, 0.5) is 0 Å². The molecule has 0 amide bonds. The van der Waals surface area contributed by atoms with Crippen LogP contribution in [-0.2, 0) is 6.42 Å². The van der Waals surface area contributed by atoms with Gasteiger partial charge in [-0.1, -0.05) is 24.3 Å². The Hall–Kier alpha value is -1.29. The van der Waals surface area contributed by atoms with Crippen molar-refractivity contribution in [2.45, 2.75) is 23.4 Å². The minimum atomic E-state index is -0.912. The van der Waals surface area contributed by atoms with Gasteiger partial charge in [0.2, 0.25) is 0 Å². The topological polar surface area (TPSA) is 46.5 Å². The molecule has 3 nitrogen and oxygen atoms in total. The van der Waals surface area contributed by atoms with Crippen molar-refractivity contribution in [3.8, 4) is 11.5 Å². The van der Waals surface area contributed by atoms with Crippen LogP contribution in [0, 0.1) is 0 Å². The zero-order chi connectivity index (χ0) is 15.4. The van der Waals surface area contributed by atoms with Crippen molar-refractivity contribution >= 4 is 33.9 Å². The first-order valence-electron chi connectivity index (χ1n) is 7.10. The van der Waals surface area contributed by atoms with E-state index in [4.69, 9.17) is 9.84 Å². The molecular formula is C17H17NaO3. The molecule has 21 heavy (non-hydrogen) atoms. The Bertz CT molecular complexity index is 647. The predicted molar refractivity (Wildman–Crippen MR) is 83.6 cm³/mol. The first-order chi connectivity index (χ1) is 9.99. The molecule has 2 aromatic rings. The average molecular weight is 292 g/mol. The summed E-state index contributed by atoms with van der Waals surface area (Å²) in [4.78, 5) is 11.1. The number of para-hydroxylation sites is 1. The van der Waals surface area contributed by atoms with E-state index >= 15 is 0 Å². The van der Waals surface area contributed by atoms with Gasteiger partial charge in [-0.15, -0.1) is 0 Å². The summed E-state index contributed by atoms with van der Waals surface area (Å²) in [6, 6.07) is 12.8. The molecule has 0 fully saturated rings. The van der Waals surface area contributed by atoms with E-state index in [-0.39, 0.29) is 0 Å². The molecule has 1 N–H and O–H groups in total. The maximum atomic E-state index is 11.1. The van der Waals surface area contributed by atoms with Crippen LogP contribution in [-0.4, -0.2) is 39.0 Å². The van der Waals surface area contributed by atoms with Crippen molar-refractivity contribution in [1.29, 1.82) is 0 Å². The number of ether oxygens (including phenoxy) is 1. The van der Waals surface area contributed by atoms with Crippen LogP contribution in [0.15, 0.2) is 42.5 Å². The van der Waals surface area contributed by atoms with E-state index in [0.29, 0.717) is 17.7 Å². The largest absolute Gasteiger partial charge is 0.478 e. The molecule has 0 aliphatic carbocycles. The Morgan fingerprint density at radius 2 is 1.76 bits per heavy atom. The van der Waals surface area contributed by atoms with Gasteiger partial charge in [-0.05, 0) is 23.8 Å². The number of carboxylic acid groups (broad SMARTS) is 1. The fourth-order valence-corrected chi connectivity index (χ4v) is 2.10. The van der Waals surface area contributed by atoms with Crippen LogP contribution in [0.5, 0.6) is 11.5 Å². The fraction of sp³-hybridized carbons (Fsp3) is 0.235. The van der Waals surface area contributed by atoms with E-state index in [2.05, 4.69) is 13.8 Å². The molecule has 0 radical (unpaired) electrons. The number of carboxylic acids is 1. The number of fused-ring (bicyclic) bond motifs is 2. The third kappa shape index (κ3) is 4.10. The fourth-order valence-electron chi connectivity index (χ4n) is 2.10. The van der Waals surface area contributed by atoms with Gasteiger partial charge in [0.25, 0.3) is 0 Å². The van der Waals surface area contributed by atoms with Crippen LogP contribution in [0.1, 0.15) is 35.3 Å². The second-order valence-electron chi connectivity index (χ2n) is 5.71. The molecule has 0 spiro atoms. The van der Waals surface area contributed by atoms with Gasteiger partial charge in [0.05, 0.1) is 5.56 Å². The van der Waals surface area contributed by atoms with Crippen LogP contribution >= 0.6 is 0 Å². The second kappa shape index (κ2) is 7.12. The number of rotatable bonds is 1. The average Bonchev–Trinajstić information content (AvgIpc) is 2.43. The molecule has 4 heteroatoms. The van der Waals surface area contributed by atoms with Crippen LogP contribution in [0.2, 0.25) is 3.17 Å². The monoisotopic (exact) mass is 292 g/mol. The smallest absolute Gasteiger partial charge is 0.336 e. The summed E-state index contributed by atoms with van der Waals surface area (Å²) < 4.78 is 6.68. The van der Waals surface area contributed by atoms with Crippen molar-refractivity contribution < 1.29 is 14.6 Å². The number of benzene rings is 2. The van der Waals surface area contributed by atoms with Gasteiger partial charge in [0.15, 0.2) is 0 Å². The van der Waals surface area contributed by atoms with Gasteiger partial charge in [-0.25, -0.2) is 4.79 Å². The van der Waals surface area contributed by atoms with Crippen LogP contribution in [0.3, 0.4) is 0 Å². The summed E-state index contributed by atoms with van der Waals surface area (Å²) in [5.74, 6) is 0.538. The first kappa shape index (κ1) is 16.1. The van der Waals surface area contributed by atoms with Gasteiger partial charge in [-0.3, -0.25) is 0 Å². The van der Waals surface area contributed by atoms with E-state index in [1.54, 1.807) is 18.2 Å². The minimum Gasteiger partial charge on any atom is -0.478 e. The van der Waals surface area contributed by atoms with Crippen LogP contribution in [0.25, 0.3) is 0 Å². The quantitative estimate of drug-likeness (QED) is 0.688. The van der Waals surface area contributed by atoms with E-state index < -0.39 is 5.97 Å². The molecule has 2 aromatic carbocycles. The van der Waals surface area contributed by atoms with Crippen molar-refractivity contribution in [2.75, 3.05) is 0 Å². The third-order valence-electron chi connectivity index (χ3n) is 2.92. The molecule has 104 valence electrons. The predicted octanol–water partition coefficient (Wildman–Crippen LogP) is 4.06. The second-order valence-corrected chi connectivity index (χ2v) is 8.02. The minimum absolute atomic E-state index is 0.317. The van der Waals surface area contributed by atoms with E-state index in [1.807, 2.05) is 24.3 Å². The third-order valence-corrected chi connectivity index (χ3v) is 2.92. The van der Waals surface area contributed by atoms with Crippen molar-refractivity contribution in [3.63, 3.8) is 0 Å². The zero-order valence-corrected chi connectivity index (χ0v) is 14.6. The maximum Gasteiger partial charge on any atom is 0.336 e. The number of carbonyl (C=O) groups is 1. The standard InChI is InChI=1S/C14H10O3.C3H7.Na/c15-14(16)10-5-3-7-13-11(10)8-9-4-1-2-6-12(9)17-13;1-3-2;/h1-7H,8H2,(H,15,16);3H,1-2H3;. The Balaban J connectivity index is 0.000000361. The van der Waals surface area contributed by atoms with Gasteiger partial charge >= 0.3 is 50.9 Å². The van der Waals surface area contributed by atoms with E-state index in [9.17, 15) is 4.79 Å². The van der Waals surface area contributed by atoms with Crippen molar-refractivity contribution in [1.82, 2.24) is 0 Å². The molecule has 0 unspecified atom stereocenters. The molecule has 0 aromatic heterocycles. The normalized spacial score (nSPS) is 11.7. The zero-order valence-electron chi connectivity index (χ0n) is 12.6. The number of hydrogen-bond acceptors (Lipinski definition) is 2. The van der Waals surface area contributed by atoms with E-state index in [0.717, 1.165) is 20.0 Å². The molecule has 0 bridgehead atoms. The molecule has 0 saturated carbocycles. The van der Waals surface area contributed by atoms with E-state index in [1.165, 1.54) is 27.9 Å². The van der Waals surface area contributed by atoms with Gasteiger partial charge in [0, 0.05) is 12.0 Å². The Morgan fingerprint density at radius 3 is 2.43 bits per heavy atom. The summed E-state index contributed by atoms with van der Waals surface area (Å²) in [6.45, 7) is 4.46. The molecule has 1 heterocycles.